The van der Waals surface area contributed by atoms with Gasteiger partial charge in [-0.2, -0.15) is 0 Å². The number of fused-ring (bicyclic) bond motifs is 1. The normalized spacial score (nSPS) is 12.9. The topological polar surface area (TPSA) is 77.0 Å². The van der Waals surface area contributed by atoms with E-state index in [1.807, 2.05) is 24.3 Å². The number of rotatable bonds is 5. The van der Waals surface area contributed by atoms with E-state index in [4.69, 9.17) is 14.2 Å². The van der Waals surface area contributed by atoms with Crippen molar-refractivity contribution in [1.29, 1.82) is 0 Å². The van der Waals surface area contributed by atoms with Crippen LogP contribution in [0.5, 0.6) is 23.1 Å². The second-order valence-electron chi connectivity index (χ2n) is 6.82. The van der Waals surface area contributed by atoms with E-state index in [-0.39, 0.29) is 29.8 Å². The van der Waals surface area contributed by atoms with Crippen LogP contribution in [0.2, 0.25) is 0 Å². The molecular formula is C23H24FIN4O3. The van der Waals surface area contributed by atoms with Crippen molar-refractivity contribution in [3.63, 3.8) is 0 Å². The highest BCUT2D eigenvalue weighted by Gasteiger charge is 2.11. The lowest BCUT2D eigenvalue weighted by molar-refractivity contribution is 0.297. The highest BCUT2D eigenvalue weighted by atomic mass is 127. The summed E-state index contributed by atoms with van der Waals surface area (Å²) >= 11 is 0. The molecule has 0 spiro atoms. The van der Waals surface area contributed by atoms with Gasteiger partial charge in [0, 0.05) is 44.0 Å². The summed E-state index contributed by atoms with van der Waals surface area (Å²) in [5.74, 6) is 2.74. The van der Waals surface area contributed by atoms with Gasteiger partial charge in [0.1, 0.15) is 11.6 Å². The summed E-state index contributed by atoms with van der Waals surface area (Å²) in [6.07, 6.45) is 2.58. The maximum absolute atomic E-state index is 13.0. The molecule has 0 atom stereocenters. The average molecular weight is 550 g/mol. The average Bonchev–Trinajstić information content (AvgIpc) is 3.04. The number of benzene rings is 2. The van der Waals surface area contributed by atoms with Gasteiger partial charge in [0.2, 0.25) is 5.88 Å². The molecule has 4 rings (SSSR count). The molecule has 2 N–H and O–H groups in total. The number of anilines is 1. The maximum atomic E-state index is 13.0. The van der Waals surface area contributed by atoms with Crippen LogP contribution in [0.4, 0.5) is 10.1 Å². The third-order valence-corrected chi connectivity index (χ3v) is 4.53. The van der Waals surface area contributed by atoms with E-state index in [9.17, 15) is 4.39 Å². The number of aliphatic imine (C=N–C) groups is 1. The smallest absolute Gasteiger partial charge is 0.219 e. The number of hydrogen-bond donors (Lipinski definition) is 2. The minimum atomic E-state index is -0.310. The van der Waals surface area contributed by atoms with Crippen LogP contribution in [0.25, 0.3) is 0 Å². The van der Waals surface area contributed by atoms with E-state index in [0.717, 1.165) is 29.2 Å². The van der Waals surface area contributed by atoms with Crippen LogP contribution >= 0.6 is 24.0 Å². The second kappa shape index (κ2) is 11.5. The molecule has 7 nitrogen and oxygen atoms in total. The van der Waals surface area contributed by atoms with Crippen LogP contribution in [-0.4, -0.2) is 31.2 Å². The van der Waals surface area contributed by atoms with Gasteiger partial charge in [-0.25, -0.2) is 9.37 Å². The van der Waals surface area contributed by atoms with Gasteiger partial charge in [0.25, 0.3) is 0 Å². The summed E-state index contributed by atoms with van der Waals surface area (Å²) in [4.78, 5) is 8.55. The number of guanidine groups is 1. The van der Waals surface area contributed by atoms with Crippen LogP contribution in [0.1, 0.15) is 12.0 Å². The summed E-state index contributed by atoms with van der Waals surface area (Å²) in [5.41, 5.74) is 1.80. The van der Waals surface area contributed by atoms with Crippen LogP contribution in [0.15, 0.2) is 65.8 Å². The molecule has 2 heterocycles. The molecule has 0 aliphatic carbocycles. The van der Waals surface area contributed by atoms with Gasteiger partial charge < -0.3 is 24.8 Å². The van der Waals surface area contributed by atoms with Crippen molar-refractivity contribution in [3.8, 4) is 23.1 Å². The monoisotopic (exact) mass is 550 g/mol. The number of aromatic nitrogens is 1. The Bertz CT molecular complexity index is 1050. The van der Waals surface area contributed by atoms with Crippen molar-refractivity contribution < 1.29 is 18.6 Å². The zero-order valence-corrected chi connectivity index (χ0v) is 19.8. The highest BCUT2D eigenvalue weighted by molar-refractivity contribution is 14.0. The maximum Gasteiger partial charge on any atom is 0.219 e. The molecule has 0 radical (unpaired) electrons. The number of nitrogens with zero attached hydrogens (tertiary/aromatic N) is 2. The molecule has 168 valence electrons. The minimum absolute atomic E-state index is 0. The molecule has 1 aromatic heterocycles. The van der Waals surface area contributed by atoms with Crippen LogP contribution in [0.3, 0.4) is 0 Å². The highest BCUT2D eigenvalue weighted by Crippen LogP contribution is 2.32. The zero-order chi connectivity index (χ0) is 21.5. The predicted molar refractivity (Wildman–Crippen MR) is 132 cm³/mol. The second-order valence-corrected chi connectivity index (χ2v) is 6.82. The third kappa shape index (κ3) is 6.46. The Morgan fingerprint density at radius 2 is 1.84 bits per heavy atom. The Balaban J connectivity index is 0.00000289. The Morgan fingerprint density at radius 3 is 2.56 bits per heavy atom. The standard InChI is InChI=1S/C23H23FN4O3.HI/c1-25-23(28-18-6-9-20-21(13-18)30-12-2-11-29-20)27-15-16-3-10-22(26-14-16)31-19-7-4-17(24)5-8-19;/h3-10,13-14H,2,11-12,15H2,1H3,(H2,25,27,28);1H. The zero-order valence-electron chi connectivity index (χ0n) is 17.5. The van der Waals surface area contributed by atoms with Gasteiger partial charge in [-0.3, -0.25) is 4.99 Å². The van der Waals surface area contributed by atoms with Crippen molar-refractivity contribution >= 4 is 35.6 Å². The molecule has 1 aliphatic heterocycles. The van der Waals surface area contributed by atoms with Gasteiger partial charge in [-0.1, -0.05) is 6.07 Å². The summed E-state index contributed by atoms with van der Waals surface area (Å²) in [6.45, 7) is 1.82. The van der Waals surface area contributed by atoms with E-state index in [1.165, 1.54) is 12.1 Å². The fourth-order valence-electron chi connectivity index (χ4n) is 2.94. The molecule has 3 aromatic rings. The van der Waals surface area contributed by atoms with Crippen molar-refractivity contribution in [3.05, 3.63) is 72.2 Å². The molecule has 1 aliphatic rings. The van der Waals surface area contributed by atoms with Gasteiger partial charge in [-0.15, -0.1) is 24.0 Å². The van der Waals surface area contributed by atoms with E-state index in [2.05, 4.69) is 20.6 Å². The van der Waals surface area contributed by atoms with Crippen LogP contribution < -0.4 is 24.8 Å². The fourth-order valence-corrected chi connectivity index (χ4v) is 2.94. The lowest BCUT2D eigenvalue weighted by Crippen LogP contribution is -2.30. The molecule has 2 aromatic carbocycles. The van der Waals surface area contributed by atoms with Crippen LogP contribution in [-0.2, 0) is 6.54 Å². The lowest BCUT2D eigenvalue weighted by Gasteiger charge is -2.14. The van der Waals surface area contributed by atoms with Gasteiger partial charge in [-0.05, 0) is 42.0 Å². The van der Waals surface area contributed by atoms with Gasteiger partial charge in [0.05, 0.1) is 13.2 Å². The number of ether oxygens (including phenoxy) is 3. The summed E-state index contributed by atoms with van der Waals surface area (Å²) in [6, 6.07) is 15.2. The van der Waals surface area contributed by atoms with Crippen molar-refractivity contribution in [2.24, 2.45) is 4.99 Å². The van der Waals surface area contributed by atoms with Gasteiger partial charge >= 0.3 is 0 Å². The minimum Gasteiger partial charge on any atom is -0.490 e. The summed E-state index contributed by atoms with van der Waals surface area (Å²) < 4.78 is 30.0. The Kier molecular flexibility index (Phi) is 8.48. The fraction of sp³-hybridized carbons (Fsp3) is 0.217. The Hall–Kier alpha value is -3.08. The first-order valence-corrected chi connectivity index (χ1v) is 9.95. The number of pyridine rings is 1. The quantitative estimate of drug-likeness (QED) is 0.265. The van der Waals surface area contributed by atoms with Crippen molar-refractivity contribution in [1.82, 2.24) is 10.3 Å². The SMILES string of the molecule is CN=C(NCc1ccc(Oc2ccc(F)cc2)nc1)Nc1ccc2c(c1)OCCCO2.I. The van der Waals surface area contributed by atoms with E-state index in [1.54, 1.807) is 31.4 Å². The van der Waals surface area contributed by atoms with Crippen molar-refractivity contribution in [2.75, 3.05) is 25.6 Å². The third-order valence-electron chi connectivity index (χ3n) is 4.53. The summed E-state index contributed by atoms with van der Waals surface area (Å²) in [5, 5.41) is 6.49. The largest absolute Gasteiger partial charge is 0.490 e. The first kappa shape index (κ1) is 23.6. The van der Waals surface area contributed by atoms with Gasteiger partial charge in [0.15, 0.2) is 17.5 Å². The van der Waals surface area contributed by atoms with E-state index >= 15 is 0 Å². The molecule has 0 bridgehead atoms. The van der Waals surface area contributed by atoms with E-state index in [0.29, 0.717) is 37.3 Å². The molecule has 32 heavy (non-hydrogen) atoms. The Morgan fingerprint density at radius 1 is 1.06 bits per heavy atom. The predicted octanol–water partition coefficient (Wildman–Crippen LogP) is 4.98. The van der Waals surface area contributed by atoms with Crippen LogP contribution in [0, 0.1) is 5.82 Å². The number of hydrogen-bond acceptors (Lipinski definition) is 5. The molecule has 9 heteroatoms. The molecule has 0 amide bonds. The summed E-state index contributed by atoms with van der Waals surface area (Å²) in [7, 11) is 1.70. The number of nitrogens with one attached hydrogen (secondary N) is 2. The Labute approximate surface area is 203 Å². The first-order chi connectivity index (χ1) is 15.2. The lowest BCUT2D eigenvalue weighted by atomic mass is 10.2. The first-order valence-electron chi connectivity index (χ1n) is 9.95. The van der Waals surface area contributed by atoms with Crippen molar-refractivity contribution in [2.45, 2.75) is 13.0 Å². The number of halogens is 2. The molecule has 0 saturated carbocycles. The molecule has 0 fully saturated rings. The molecule has 0 saturated heterocycles. The van der Waals surface area contributed by atoms with E-state index < -0.39 is 0 Å². The molecular weight excluding hydrogens is 526 g/mol. The molecule has 0 unspecified atom stereocenters.